The standard InChI is InChI=1S/C19H21NO3S/c1-3-6-15-11-18(24-14(15)2)19(21)20(12-16-7-4-9-22-16)13-17-8-5-10-23-17/h4-5,7-11H,3,6,12-13H2,1-2H3. The van der Waals surface area contributed by atoms with Crippen molar-refractivity contribution < 1.29 is 13.6 Å². The van der Waals surface area contributed by atoms with Gasteiger partial charge in [0.15, 0.2) is 0 Å². The van der Waals surface area contributed by atoms with E-state index in [4.69, 9.17) is 8.83 Å². The van der Waals surface area contributed by atoms with E-state index in [0.717, 1.165) is 29.2 Å². The number of nitrogens with zero attached hydrogens (tertiary/aromatic N) is 1. The zero-order valence-corrected chi connectivity index (χ0v) is 14.8. The van der Waals surface area contributed by atoms with E-state index in [9.17, 15) is 4.79 Å². The fraction of sp³-hybridized carbons (Fsp3) is 0.316. The second-order valence-electron chi connectivity index (χ2n) is 5.76. The highest BCUT2D eigenvalue weighted by atomic mass is 32.1. The van der Waals surface area contributed by atoms with E-state index in [1.807, 2.05) is 30.3 Å². The largest absolute Gasteiger partial charge is 0.467 e. The minimum absolute atomic E-state index is 0.0123. The van der Waals surface area contributed by atoms with Gasteiger partial charge in [0.05, 0.1) is 30.5 Å². The number of carbonyl (C=O) groups excluding carboxylic acids is 1. The Morgan fingerprint density at radius 3 is 2.25 bits per heavy atom. The third-order valence-electron chi connectivity index (χ3n) is 3.89. The average molecular weight is 343 g/mol. The van der Waals surface area contributed by atoms with Crippen LogP contribution in [0.2, 0.25) is 0 Å². The van der Waals surface area contributed by atoms with Gasteiger partial charge in [0.25, 0.3) is 5.91 Å². The number of hydrogen-bond donors (Lipinski definition) is 0. The molecule has 0 saturated carbocycles. The molecule has 3 aromatic heterocycles. The van der Waals surface area contributed by atoms with Crippen molar-refractivity contribution in [3.63, 3.8) is 0 Å². The Hall–Kier alpha value is -2.27. The molecule has 0 saturated heterocycles. The van der Waals surface area contributed by atoms with Crippen LogP contribution in [-0.2, 0) is 19.5 Å². The summed E-state index contributed by atoms with van der Waals surface area (Å²) >= 11 is 1.56. The van der Waals surface area contributed by atoms with Crippen LogP contribution in [-0.4, -0.2) is 10.8 Å². The van der Waals surface area contributed by atoms with Crippen LogP contribution >= 0.6 is 11.3 Å². The molecule has 0 atom stereocenters. The molecule has 0 radical (unpaired) electrons. The predicted molar refractivity (Wildman–Crippen MR) is 94.0 cm³/mol. The van der Waals surface area contributed by atoms with E-state index in [1.54, 1.807) is 28.8 Å². The molecule has 126 valence electrons. The Bertz CT molecular complexity index is 736. The minimum Gasteiger partial charge on any atom is -0.467 e. The summed E-state index contributed by atoms with van der Waals surface area (Å²) in [7, 11) is 0. The van der Waals surface area contributed by atoms with Crippen molar-refractivity contribution in [3.8, 4) is 0 Å². The maximum atomic E-state index is 13.0. The van der Waals surface area contributed by atoms with E-state index in [1.165, 1.54) is 10.4 Å². The molecule has 24 heavy (non-hydrogen) atoms. The summed E-state index contributed by atoms with van der Waals surface area (Å²) in [6, 6.07) is 9.46. The summed E-state index contributed by atoms with van der Waals surface area (Å²) in [5.41, 5.74) is 1.27. The Morgan fingerprint density at radius 2 is 1.75 bits per heavy atom. The lowest BCUT2D eigenvalue weighted by Crippen LogP contribution is -2.29. The molecule has 0 spiro atoms. The third kappa shape index (κ3) is 3.79. The molecular weight excluding hydrogens is 322 g/mol. The third-order valence-corrected chi connectivity index (χ3v) is 4.97. The summed E-state index contributed by atoms with van der Waals surface area (Å²) in [6.07, 6.45) is 5.33. The zero-order chi connectivity index (χ0) is 16.9. The molecule has 5 heteroatoms. The van der Waals surface area contributed by atoms with Gasteiger partial charge in [-0.3, -0.25) is 4.79 Å². The molecule has 1 amide bonds. The Kier molecular flexibility index (Phi) is 5.20. The maximum absolute atomic E-state index is 13.0. The lowest BCUT2D eigenvalue weighted by Gasteiger charge is -2.19. The van der Waals surface area contributed by atoms with Crippen molar-refractivity contribution in [1.82, 2.24) is 4.90 Å². The van der Waals surface area contributed by atoms with Crippen molar-refractivity contribution in [2.45, 2.75) is 39.8 Å². The van der Waals surface area contributed by atoms with Gasteiger partial charge >= 0.3 is 0 Å². The molecular formula is C19H21NO3S. The normalized spacial score (nSPS) is 10.9. The predicted octanol–water partition coefficient (Wildman–Crippen LogP) is 5.04. The second-order valence-corrected chi connectivity index (χ2v) is 7.02. The SMILES string of the molecule is CCCc1cc(C(=O)N(Cc2ccco2)Cc2ccco2)sc1C. The Labute approximate surface area is 145 Å². The van der Waals surface area contributed by atoms with Gasteiger partial charge in [-0.15, -0.1) is 11.3 Å². The number of thiophene rings is 1. The van der Waals surface area contributed by atoms with Crippen molar-refractivity contribution in [1.29, 1.82) is 0 Å². The summed E-state index contributed by atoms with van der Waals surface area (Å²) in [5, 5.41) is 0. The molecule has 3 rings (SSSR count). The first-order valence-electron chi connectivity index (χ1n) is 8.10. The highest BCUT2D eigenvalue weighted by Gasteiger charge is 2.21. The van der Waals surface area contributed by atoms with Crippen LogP contribution < -0.4 is 0 Å². The maximum Gasteiger partial charge on any atom is 0.264 e. The van der Waals surface area contributed by atoms with Gasteiger partial charge in [-0.2, -0.15) is 0 Å². The average Bonchev–Trinajstić information content (AvgIpc) is 3.30. The molecule has 0 aliphatic rings. The molecule has 4 nitrogen and oxygen atoms in total. The summed E-state index contributed by atoms with van der Waals surface area (Å²) < 4.78 is 10.8. The van der Waals surface area contributed by atoms with Crippen LogP contribution in [0, 0.1) is 6.92 Å². The number of aryl methyl sites for hydroxylation is 2. The number of furan rings is 2. The van der Waals surface area contributed by atoms with Crippen LogP contribution in [0.25, 0.3) is 0 Å². The molecule has 3 aromatic rings. The molecule has 0 aliphatic heterocycles. The topological polar surface area (TPSA) is 46.6 Å². The minimum atomic E-state index is 0.0123. The van der Waals surface area contributed by atoms with E-state index >= 15 is 0 Å². The molecule has 0 fully saturated rings. The highest BCUT2D eigenvalue weighted by molar-refractivity contribution is 7.14. The van der Waals surface area contributed by atoms with Gasteiger partial charge in [-0.05, 0) is 49.2 Å². The first-order valence-corrected chi connectivity index (χ1v) is 8.92. The van der Waals surface area contributed by atoms with Crippen molar-refractivity contribution >= 4 is 17.2 Å². The molecule has 0 bridgehead atoms. The summed E-state index contributed by atoms with van der Waals surface area (Å²) in [4.78, 5) is 16.8. The van der Waals surface area contributed by atoms with Crippen LogP contribution in [0.5, 0.6) is 0 Å². The van der Waals surface area contributed by atoms with E-state index < -0.39 is 0 Å². The zero-order valence-electron chi connectivity index (χ0n) is 14.0. The molecule has 3 heterocycles. The van der Waals surface area contributed by atoms with Gasteiger partial charge in [-0.1, -0.05) is 13.3 Å². The van der Waals surface area contributed by atoms with Crippen molar-refractivity contribution in [2.24, 2.45) is 0 Å². The number of carbonyl (C=O) groups is 1. The number of amides is 1. The fourth-order valence-corrected chi connectivity index (χ4v) is 3.72. The Morgan fingerprint density at radius 1 is 1.12 bits per heavy atom. The van der Waals surface area contributed by atoms with Crippen LogP contribution in [0.3, 0.4) is 0 Å². The van der Waals surface area contributed by atoms with E-state index in [0.29, 0.717) is 13.1 Å². The summed E-state index contributed by atoms with van der Waals surface area (Å²) in [6.45, 7) is 5.08. The van der Waals surface area contributed by atoms with E-state index in [-0.39, 0.29) is 5.91 Å². The quantitative estimate of drug-likeness (QED) is 0.604. The summed E-state index contributed by atoms with van der Waals surface area (Å²) in [5.74, 6) is 1.53. The first kappa shape index (κ1) is 16.6. The Balaban J connectivity index is 1.83. The van der Waals surface area contributed by atoms with Gasteiger partial charge in [0, 0.05) is 4.88 Å². The van der Waals surface area contributed by atoms with Crippen LogP contribution in [0.4, 0.5) is 0 Å². The first-order chi connectivity index (χ1) is 11.7. The second kappa shape index (κ2) is 7.53. The van der Waals surface area contributed by atoms with Gasteiger partial charge in [-0.25, -0.2) is 0 Å². The van der Waals surface area contributed by atoms with Crippen molar-refractivity contribution in [3.05, 3.63) is 69.7 Å². The van der Waals surface area contributed by atoms with Crippen LogP contribution in [0.1, 0.15) is 45.0 Å². The molecule has 0 aromatic carbocycles. The smallest absolute Gasteiger partial charge is 0.264 e. The molecule has 0 N–H and O–H groups in total. The van der Waals surface area contributed by atoms with Crippen molar-refractivity contribution in [2.75, 3.05) is 0 Å². The number of rotatable bonds is 7. The van der Waals surface area contributed by atoms with Gasteiger partial charge in [0.1, 0.15) is 11.5 Å². The lowest BCUT2D eigenvalue weighted by atomic mass is 10.1. The molecule has 0 aliphatic carbocycles. The van der Waals surface area contributed by atoms with Gasteiger partial charge in [0.2, 0.25) is 0 Å². The van der Waals surface area contributed by atoms with Gasteiger partial charge < -0.3 is 13.7 Å². The molecule has 0 unspecified atom stereocenters. The van der Waals surface area contributed by atoms with Crippen LogP contribution in [0.15, 0.2) is 51.7 Å². The van der Waals surface area contributed by atoms with E-state index in [2.05, 4.69) is 13.8 Å². The highest BCUT2D eigenvalue weighted by Crippen LogP contribution is 2.25. The fourth-order valence-electron chi connectivity index (χ4n) is 2.68. The lowest BCUT2D eigenvalue weighted by molar-refractivity contribution is 0.0709. The monoisotopic (exact) mass is 343 g/mol. The number of hydrogen-bond acceptors (Lipinski definition) is 4.